The first-order valence-corrected chi connectivity index (χ1v) is 8.03. The molecule has 2 heterocycles. The Bertz CT molecular complexity index is 903. The van der Waals surface area contributed by atoms with Crippen LogP contribution < -0.4 is 11.1 Å². The van der Waals surface area contributed by atoms with Crippen LogP contribution in [0.3, 0.4) is 0 Å². The Balaban J connectivity index is 1.72. The van der Waals surface area contributed by atoms with Gasteiger partial charge in [-0.25, -0.2) is 4.98 Å². The number of nitrogens with zero attached hydrogens (tertiary/aromatic N) is 4. The number of fused-ring (bicyclic) bond motifs is 2. The zero-order chi connectivity index (χ0) is 16.5. The molecule has 0 saturated heterocycles. The van der Waals surface area contributed by atoms with E-state index in [0.29, 0.717) is 13.0 Å². The van der Waals surface area contributed by atoms with Crippen LogP contribution in [0.25, 0.3) is 5.65 Å². The molecule has 7 nitrogen and oxygen atoms in total. The molecule has 0 radical (unpaired) electrons. The van der Waals surface area contributed by atoms with Crippen molar-refractivity contribution in [3.8, 4) is 0 Å². The highest BCUT2D eigenvalue weighted by Crippen LogP contribution is 2.36. The van der Waals surface area contributed by atoms with Crippen LogP contribution in [0.1, 0.15) is 29.3 Å². The van der Waals surface area contributed by atoms with Crippen LogP contribution >= 0.6 is 0 Å². The molecule has 0 aliphatic heterocycles. The number of anilines is 2. The van der Waals surface area contributed by atoms with E-state index in [2.05, 4.69) is 26.5 Å². The average molecular weight is 322 g/mol. The van der Waals surface area contributed by atoms with Crippen molar-refractivity contribution in [3.05, 3.63) is 58.5 Å². The molecule has 3 aromatic rings. The molecule has 4 rings (SSSR count). The van der Waals surface area contributed by atoms with Crippen LogP contribution in [-0.4, -0.2) is 20.9 Å². The van der Waals surface area contributed by atoms with E-state index < -0.39 is 0 Å². The summed E-state index contributed by atoms with van der Waals surface area (Å²) >= 11 is 0. The summed E-state index contributed by atoms with van der Waals surface area (Å²) in [4.78, 5) is 19.6. The number of imidazole rings is 1. The zero-order valence-corrected chi connectivity index (χ0v) is 13.1. The van der Waals surface area contributed by atoms with Crippen molar-refractivity contribution in [3.63, 3.8) is 0 Å². The molecule has 0 fully saturated rings. The molecule has 1 aliphatic carbocycles. The van der Waals surface area contributed by atoms with Gasteiger partial charge in [-0.2, -0.15) is 4.91 Å². The van der Waals surface area contributed by atoms with E-state index in [-0.39, 0.29) is 6.04 Å². The summed E-state index contributed by atoms with van der Waals surface area (Å²) in [5.74, 6) is 0.904. The van der Waals surface area contributed by atoms with E-state index in [4.69, 9.17) is 5.73 Å². The highest BCUT2D eigenvalue weighted by atomic mass is 16.3. The van der Waals surface area contributed by atoms with Gasteiger partial charge in [-0.05, 0) is 42.6 Å². The third-order valence-corrected chi connectivity index (χ3v) is 4.46. The lowest BCUT2D eigenvalue weighted by Crippen LogP contribution is -2.06. The van der Waals surface area contributed by atoms with Gasteiger partial charge >= 0.3 is 0 Å². The predicted molar refractivity (Wildman–Crippen MR) is 92.3 cm³/mol. The van der Waals surface area contributed by atoms with Crippen molar-refractivity contribution in [1.82, 2.24) is 14.4 Å². The molecule has 1 unspecified atom stereocenters. The fraction of sp³-hybridized carbons (Fsp3) is 0.294. The number of rotatable bonds is 5. The van der Waals surface area contributed by atoms with Gasteiger partial charge in [0.05, 0.1) is 11.9 Å². The minimum absolute atomic E-state index is 0.205. The minimum atomic E-state index is -0.205. The molecule has 0 saturated carbocycles. The van der Waals surface area contributed by atoms with Gasteiger partial charge in [0, 0.05) is 24.5 Å². The topological polar surface area (TPSA) is 97.7 Å². The quantitative estimate of drug-likeness (QED) is 0.704. The average Bonchev–Trinajstić information content (AvgIpc) is 3.17. The predicted octanol–water partition coefficient (Wildman–Crippen LogP) is 2.73. The summed E-state index contributed by atoms with van der Waals surface area (Å²) in [7, 11) is 0. The second-order valence-corrected chi connectivity index (χ2v) is 5.95. The Kier molecular flexibility index (Phi) is 3.70. The number of hydrogen-bond acceptors (Lipinski definition) is 6. The second-order valence-electron chi connectivity index (χ2n) is 5.95. The van der Waals surface area contributed by atoms with Gasteiger partial charge in [0.15, 0.2) is 5.65 Å². The van der Waals surface area contributed by atoms with Crippen LogP contribution in [0, 0.1) is 4.91 Å². The Hall–Kier alpha value is -2.80. The summed E-state index contributed by atoms with van der Waals surface area (Å²) in [6, 6.07) is 5.86. The van der Waals surface area contributed by atoms with Crippen LogP contribution in [0.5, 0.6) is 0 Å². The molecule has 24 heavy (non-hydrogen) atoms. The molecule has 2 aromatic heterocycles. The molecular formula is C17H18N6O. The van der Waals surface area contributed by atoms with Crippen molar-refractivity contribution in [2.24, 2.45) is 10.9 Å². The van der Waals surface area contributed by atoms with Crippen LogP contribution in [0.15, 0.2) is 42.0 Å². The van der Waals surface area contributed by atoms with Crippen LogP contribution in [0.2, 0.25) is 0 Å². The second kappa shape index (κ2) is 6.01. The number of nitrogens with two attached hydrogens (primary N) is 1. The Morgan fingerprint density at radius 1 is 1.42 bits per heavy atom. The fourth-order valence-electron chi connectivity index (χ4n) is 3.32. The van der Waals surface area contributed by atoms with E-state index in [1.165, 1.54) is 5.56 Å². The number of hydrogen-bond donors (Lipinski definition) is 2. The molecule has 1 atom stereocenters. The minimum Gasteiger partial charge on any atom is -0.340 e. The van der Waals surface area contributed by atoms with Crippen molar-refractivity contribution in [2.75, 3.05) is 11.9 Å². The monoisotopic (exact) mass is 322 g/mol. The Morgan fingerprint density at radius 3 is 3.17 bits per heavy atom. The maximum atomic E-state index is 10.9. The van der Waals surface area contributed by atoms with Gasteiger partial charge in [-0.15, -0.1) is 0 Å². The molecule has 7 heteroatoms. The summed E-state index contributed by atoms with van der Waals surface area (Å²) < 4.78 is 1.97. The smallest absolute Gasteiger partial charge is 0.157 e. The number of nitrogens with one attached hydrogen (secondary N) is 1. The van der Waals surface area contributed by atoms with Crippen LogP contribution in [0.4, 0.5) is 11.5 Å². The molecule has 0 bridgehead atoms. The first kappa shape index (κ1) is 14.8. The van der Waals surface area contributed by atoms with E-state index in [1.54, 1.807) is 12.4 Å². The van der Waals surface area contributed by atoms with Gasteiger partial charge in [-0.3, -0.25) is 9.38 Å². The van der Waals surface area contributed by atoms with Crippen molar-refractivity contribution in [2.45, 2.75) is 25.3 Å². The number of benzene rings is 1. The van der Waals surface area contributed by atoms with E-state index in [1.807, 2.05) is 22.7 Å². The molecule has 0 spiro atoms. The maximum absolute atomic E-state index is 10.9. The van der Waals surface area contributed by atoms with Crippen molar-refractivity contribution in [1.29, 1.82) is 0 Å². The normalized spacial score (nSPS) is 16.3. The number of aryl methyl sites for hydroxylation is 1. The Morgan fingerprint density at radius 2 is 2.33 bits per heavy atom. The van der Waals surface area contributed by atoms with Gasteiger partial charge in [-0.1, -0.05) is 11.2 Å². The highest BCUT2D eigenvalue weighted by molar-refractivity contribution is 5.65. The lowest BCUT2D eigenvalue weighted by molar-refractivity contribution is 0.710. The van der Waals surface area contributed by atoms with E-state index >= 15 is 0 Å². The first-order chi connectivity index (χ1) is 11.8. The van der Waals surface area contributed by atoms with Gasteiger partial charge < -0.3 is 11.1 Å². The fourth-order valence-corrected chi connectivity index (χ4v) is 3.32. The number of nitroso groups, excluding NO2 is 1. The molecule has 1 aromatic carbocycles. The first-order valence-electron chi connectivity index (χ1n) is 8.03. The molecule has 122 valence electrons. The van der Waals surface area contributed by atoms with Gasteiger partial charge in [0.25, 0.3) is 0 Å². The summed E-state index contributed by atoms with van der Waals surface area (Å²) in [5, 5.41) is 6.66. The maximum Gasteiger partial charge on any atom is 0.157 e. The lowest BCUT2D eigenvalue weighted by Gasteiger charge is -2.10. The van der Waals surface area contributed by atoms with Gasteiger partial charge in [0.2, 0.25) is 0 Å². The molecule has 3 N–H and O–H groups in total. The zero-order valence-electron chi connectivity index (χ0n) is 13.1. The molecule has 0 amide bonds. The molecular weight excluding hydrogens is 304 g/mol. The lowest BCUT2D eigenvalue weighted by atomic mass is 10.1. The summed E-state index contributed by atoms with van der Waals surface area (Å²) in [6.45, 7) is 0.531. The third-order valence-electron chi connectivity index (χ3n) is 4.46. The third kappa shape index (κ3) is 2.43. The number of aromatic nitrogens is 3. The SMILES string of the molecule is NCCc1nc2cnccn2c1Nc1ccc2c(c1)CCC2N=O. The van der Waals surface area contributed by atoms with E-state index in [0.717, 1.165) is 41.3 Å². The van der Waals surface area contributed by atoms with Crippen LogP contribution in [-0.2, 0) is 12.8 Å². The summed E-state index contributed by atoms with van der Waals surface area (Å²) in [6.07, 6.45) is 7.70. The van der Waals surface area contributed by atoms with Gasteiger partial charge in [0.1, 0.15) is 11.9 Å². The Labute approximate surface area is 138 Å². The summed E-state index contributed by atoms with van der Waals surface area (Å²) in [5.41, 5.74) is 10.6. The largest absolute Gasteiger partial charge is 0.340 e. The highest BCUT2D eigenvalue weighted by Gasteiger charge is 2.23. The van der Waals surface area contributed by atoms with E-state index in [9.17, 15) is 4.91 Å². The standard InChI is InChI=1S/C17H18N6O/c18-6-5-15-17(23-8-7-19-10-16(23)21-15)20-12-2-3-13-11(9-12)1-4-14(13)22-24/h2-3,7-10,14,20H,1,4-6,18H2. The van der Waals surface area contributed by atoms with Crippen molar-refractivity contribution >= 4 is 17.2 Å². The molecule has 1 aliphatic rings. The van der Waals surface area contributed by atoms with Crippen molar-refractivity contribution < 1.29 is 0 Å².